The van der Waals surface area contributed by atoms with Crippen LogP contribution in [0.1, 0.15) is 30.5 Å². The average Bonchev–Trinajstić information content (AvgIpc) is 3.15. The van der Waals surface area contributed by atoms with E-state index in [0.29, 0.717) is 24.1 Å². The van der Waals surface area contributed by atoms with Crippen molar-refractivity contribution in [3.63, 3.8) is 0 Å². The van der Waals surface area contributed by atoms with Crippen molar-refractivity contribution in [1.82, 2.24) is 0 Å². The third-order valence-corrected chi connectivity index (χ3v) is 5.61. The lowest BCUT2D eigenvalue weighted by molar-refractivity contribution is -0.152. The molecule has 1 heterocycles. The molecule has 0 saturated carbocycles. The summed E-state index contributed by atoms with van der Waals surface area (Å²) >= 11 is 0. The van der Waals surface area contributed by atoms with E-state index in [-0.39, 0.29) is 5.75 Å². The highest BCUT2D eigenvalue weighted by Crippen LogP contribution is 2.40. The molecule has 1 amide bonds. The summed E-state index contributed by atoms with van der Waals surface area (Å²) in [4.78, 5) is 26.4. The lowest BCUT2D eigenvalue weighted by Gasteiger charge is -2.29. The van der Waals surface area contributed by atoms with Crippen LogP contribution in [0.25, 0.3) is 0 Å². The van der Waals surface area contributed by atoms with Crippen molar-refractivity contribution in [2.45, 2.75) is 38.0 Å². The van der Waals surface area contributed by atoms with Gasteiger partial charge in [-0.05, 0) is 60.4 Å². The number of hydrogen-bond acceptors (Lipinski definition) is 5. The fraction of sp³-hybridized carbons (Fsp3) is 0.231. The summed E-state index contributed by atoms with van der Waals surface area (Å²) in [5.41, 5.74) is 2.20. The number of halogens is 1. The topological polar surface area (TPSA) is 76.1 Å². The second-order valence-corrected chi connectivity index (χ2v) is 7.90. The van der Waals surface area contributed by atoms with Gasteiger partial charge in [0.15, 0.2) is 6.10 Å². The number of phenolic OH excluding ortho intramolecular Hbond substituents is 1. The highest BCUT2D eigenvalue weighted by atomic mass is 19.1. The van der Waals surface area contributed by atoms with Crippen molar-refractivity contribution in [3.8, 4) is 5.75 Å². The number of rotatable bonds is 7. The Morgan fingerprint density at radius 1 is 1.06 bits per heavy atom. The van der Waals surface area contributed by atoms with E-state index in [2.05, 4.69) is 0 Å². The van der Waals surface area contributed by atoms with Gasteiger partial charge in [-0.2, -0.15) is 0 Å². The van der Waals surface area contributed by atoms with Gasteiger partial charge in [-0.1, -0.05) is 42.5 Å². The molecule has 0 unspecified atom stereocenters. The smallest absolute Gasteiger partial charge is 0.415 e. The molecule has 33 heavy (non-hydrogen) atoms. The first-order valence-corrected chi connectivity index (χ1v) is 10.7. The number of esters is 1. The standard InChI is InChI=1S/C26H24FNO5/c1-17(29)32-23(16-7-18-5-3-2-4-6-18)25-24(19-8-14-22(30)15-9-19)28(26(31)33-25)21-12-10-20(27)11-13-21/h2-6,8-15,23-25,30H,7,16H2,1H3/t23-,24-,25-/m1/s1. The maximum atomic E-state index is 13.5. The lowest BCUT2D eigenvalue weighted by Crippen LogP contribution is -2.38. The lowest BCUT2D eigenvalue weighted by atomic mass is 9.93. The molecule has 3 aromatic rings. The van der Waals surface area contributed by atoms with Crippen molar-refractivity contribution in [2.24, 2.45) is 0 Å². The Morgan fingerprint density at radius 2 is 1.73 bits per heavy atom. The van der Waals surface area contributed by atoms with Crippen molar-refractivity contribution in [3.05, 3.63) is 95.8 Å². The predicted octanol–water partition coefficient (Wildman–Crippen LogP) is 5.16. The zero-order chi connectivity index (χ0) is 23.4. The van der Waals surface area contributed by atoms with Crippen LogP contribution in [0.4, 0.5) is 14.9 Å². The first-order valence-electron chi connectivity index (χ1n) is 10.7. The number of ether oxygens (including phenoxy) is 2. The van der Waals surface area contributed by atoms with Gasteiger partial charge in [0.1, 0.15) is 23.7 Å². The van der Waals surface area contributed by atoms with Crippen LogP contribution < -0.4 is 4.90 Å². The third kappa shape index (κ3) is 5.14. The van der Waals surface area contributed by atoms with Gasteiger partial charge in [-0.15, -0.1) is 0 Å². The molecular formula is C26H24FNO5. The third-order valence-electron chi connectivity index (χ3n) is 5.61. The maximum absolute atomic E-state index is 13.5. The number of nitrogens with zero attached hydrogens (tertiary/aromatic N) is 1. The van der Waals surface area contributed by atoms with Gasteiger partial charge in [0.2, 0.25) is 0 Å². The zero-order valence-electron chi connectivity index (χ0n) is 18.1. The first kappa shape index (κ1) is 22.3. The summed E-state index contributed by atoms with van der Waals surface area (Å²) in [6, 6.07) is 21.0. The molecule has 3 aromatic carbocycles. The number of carbonyl (C=O) groups excluding carboxylic acids is 2. The van der Waals surface area contributed by atoms with Crippen LogP contribution in [0, 0.1) is 5.82 Å². The van der Waals surface area contributed by atoms with Crippen LogP contribution in [-0.4, -0.2) is 29.4 Å². The number of cyclic esters (lactones) is 1. The first-order chi connectivity index (χ1) is 15.9. The SMILES string of the molecule is CC(=O)O[C@H](CCc1ccccc1)[C@H]1OC(=O)N(c2ccc(F)cc2)[C@@H]1c1ccc(O)cc1. The van der Waals surface area contributed by atoms with Crippen molar-refractivity contribution >= 4 is 17.7 Å². The fourth-order valence-corrected chi connectivity index (χ4v) is 4.11. The van der Waals surface area contributed by atoms with Crippen LogP contribution in [0.3, 0.4) is 0 Å². The molecular weight excluding hydrogens is 425 g/mol. The van der Waals surface area contributed by atoms with Crippen molar-refractivity contribution in [2.75, 3.05) is 4.90 Å². The molecule has 0 aromatic heterocycles. The van der Waals surface area contributed by atoms with Crippen LogP contribution in [0.15, 0.2) is 78.9 Å². The van der Waals surface area contributed by atoms with Crippen LogP contribution in [-0.2, 0) is 20.7 Å². The molecule has 4 rings (SSSR count). The molecule has 6 nitrogen and oxygen atoms in total. The molecule has 1 aliphatic rings. The number of phenols is 1. The Hall–Kier alpha value is -3.87. The minimum atomic E-state index is -0.806. The number of aromatic hydroxyl groups is 1. The fourth-order valence-electron chi connectivity index (χ4n) is 4.11. The quantitative estimate of drug-likeness (QED) is 0.504. The van der Waals surface area contributed by atoms with E-state index in [1.807, 2.05) is 30.3 Å². The Balaban J connectivity index is 1.70. The summed E-state index contributed by atoms with van der Waals surface area (Å²) in [5.74, 6) is -0.826. The highest BCUT2D eigenvalue weighted by Gasteiger charge is 2.48. The number of hydrogen-bond donors (Lipinski definition) is 1. The molecule has 170 valence electrons. The van der Waals surface area contributed by atoms with Gasteiger partial charge < -0.3 is 14.6 Å². The molecule has 1 saturated heterocycles. The Kier molecular flexibility index (Phi) is 6.58. The largest absolute Gasteiger partial charge is 0.508 e. The molecule has 0 radical (unpaired) electrons. The van der Waals surface area contributed by atoms with Gasteiger partial charge in [-0.3, -0.25) is 9.69 Å². The maximum Gasteiger partial charge on any atom is 0.415 e. The number of carbonyl (C=O) groups is 2. The number of aryl methyl sites for hydroxylation is 1. The number of anilines is 1. The molecule has 0 bridgehead atoms. The zero-order valence-corrected chi connectivity index (χ0v) is 18.1. The van der Waals surface area contributed by atoms with Gasteiger partial charge >= 0.3 is 12.1 Å². The van der Waals surface area contributed by atoms with E-state index < -0.39 is 36.1 Å². The Bertz CT molecular complexity index is 1100. The molecule has 3 atom stereocenters. The van der Waals surface area contributed by atoms with Gasteiger partial charge in [0.25, 0.3) is 0 Å². The van der Waals surface area contributed by atoms with Gasteiger partial charge in [-0.25, -0.2) is 9.18 Å². The van der Waals surface area contributed by atoms with E-state index >= 15 is 0 Å². The van der Waals surface area contributed by atoms with E-state index in [4.69, 9.17) is 9.47 Å². The van der Waals surface area contributed by atoms with Gasteiger partial charge in [0.05, 0.1) is 0 Å². The molecule has 1 aliphatic heterocycles. The number of benzene rings is 3. The molecule has 1 fully saturated rings. The van der Waals surface area contributed by atoms with Crippen LogP contribution in [0.5, 0.6) is 5.75 Å². The second kappa shape index (κ2) is 9.73. The molecule has 1 N–H and O–H groups in total. The molecule has 0 aliphatic carbocycles. The summed E-state index contributed by atoms with van der Waals surface area (Å²) < 4.78 is 24.9. The van der Waals surface area contributed by atoms with Crippen molar-refractivity contribution < 1.29 is 28.6 Å². The highest BCUT2D eigenvalue weighted by molar-refractivity contribution is 5.91. The van der Waals surface area contributed by atoms with E-state index in [1.54, 1.807) is 12.1 Å². The minimum Gasteiger partial charge on any atom is -0.508 e. The predicted molar refractivity (Wildman–Crippen MR) is 120 cm³/mol. The normalized spacial score (nSPS) is 18.6. The summed E-state index contributed by atoms with van der Waals surface area (Å²) in [6.45, 7) is 1.32. The van der Waals surface area contributed by atoms with Crippen LogP contribution in [0.2, 0.25) is 0 Å². The van der Waals surface area contributed by atoms with Crippen molar-refractivity contribution in [1.29, 1.82) is 0 Å². The van der Waals surface area contributed by atoms with E-state index in [0.717, 1.165) is 5.56 Å². The summed E-state index contributed by atoms with van der Waals surface area (Å²) in [7, 11) is 0. The summed E-state index contributed by atoms with van der Waals surface area (Å²) in [6.07, 6.45) is -1.09. The molecule has 0 spiro atoms. The number of amides is 1. The second-order valence-electron chi connectivity index (χ2n) is 7.90. The van der Waals surface area contributed by atoms with E-state index in [9.17, 15) is 19.1 Å². The van der Waals surface area contributed by atoms with E-state index in [1.165, 1.54) is 48.2 Å². The molecule has 7 heteroatoms. The van der Waals surface area contributed by atoms with Gasteiger partial charge in [0, 0.05) is 12.6 Å². The van der Waals surface area contributed by atoms with Crippen LogP contribution >= 0.6 is 0 Å². The summed E-state index contributed by atoms with van der Waals surface area (Å²) in [5, 5.41) is 9.75. The monoisotopic (exact) mass is 449 g/mol. The Morgan fingerprint density at radius 3 is 2.36 bits per heavy atom. The Labute approximate surface area is 191 Å². The minimum absolute atomic E-state index is 0.0782. The average molecular weight is 449 g/mol.